The molecule has 8 nitrogen and oxygen atoms in total. The molecule has 0 fully saturated rings. The molecule has 0 aromatic rings. The van der Waals surface area contributed by atoms with Crippen LogP contribution in [0.4, 0.5) is 0 Å². The summed E-state index contributed by atoms with van der Waals surface area (Å²) in [5.41, 5.74) is 0. The summed E-state index contributed by atoms with van der Waals surface area (Å²) >= 11 is 0. The highest BCUT2D eigenvalue weighted by molar-refractivity contribution is 6.74. The fraction of sp³-hybridized carbons (Fsp3) is 0.957. The van der Waals surface area contributed by atoms with E-state index in [0.29, 0.717) is 59.3 Å². The van der Waals surface area contributed by atoms with Crippen molar-refractivity contribution >= 4 is 23.1 Å². The van der Waals surface area contributed by atoms with E-state index in [0.717, 1.165) is 0 Å². The quantitative estimate of drug-likeness (QED) is 0.108. The fourth-order valence-electron chi connectivity index (χ4n) is 2.13. The monoisotopic (exact) mass is 510 g/mol. The first-order valence-electron chi connectivity index (χ1n) is 11.8. The lowest BCUT2D eigenvalue weighted by atomic mass is 10.2. The first-order valence-corrected chi connectivity index (χ1v) is 17.6. The molecule has 0 aromatic heterocycles. The summed E-state index contributed by atoms with van der Waals surface area (Å²) in [6.07, 6.45) is -0.235. The first kappa shape index (κ1) is 32.7. The second-order valence-electron chi connectivity index (χ2n) is 11.1. The summed E-state index contributed by atoms with van der Waals surface area (Å²) in [5.74, 6) is 0. The maximum Gasteiger partial charge on any atom is 0.295 e. The predicted molar refractivity (Wildman–Crippen MR) is 136 cm³/mol. The topological polar surface area (TPSA) is 81.7 Å². The molecule has 198 valence electrons. The van der Waals surface area contributed by atoms with Crippen molar-refractivity contribution in [2.45, 2.75) is 83.9 Å². The van der Waals surface area contributed by atoms with Crippen molar-refractivity contribution in [2.75, 3.05) is 59.6 Å². The van der Waals surface area contributed by atoms with Gasteiger partial charge < -0.3 is 32.5 Å². The molecule has 0 amide bonds. The van der Waals surface area contributed by atoms with Gasteiger partial charge in [-0.1, -0.05) is 41.5 Å². The Kier molecular flexibility index (Phi) is 15.5. The van der Waals surface area contributed by atoms with Crippen LogP contribution in [0.2, 0.25) is 36.3 Å². The van der Waals surface area contributed by atoms with E-state index in [2.05, 4.69) is 72.5 Å². The van der Waals surface area contributed by atoms with Gasteiger partial charge >= 0.3 is 0 Å². The summed E-state index contributed by atoms with van der Waals surface area (Å²) < 4.78 is 39.4. The molecule has 0 spiro atoms. The molecule has 0 unspecified atom stereocenters. The van der Waals surface area contributed by atoms with Gasteiger partial charge in [0.1, 0.15) is 6.10 Å². The third-order valence-corrected chi connectivity index (χ3v) is 15.5. The van der Waals surface area contributed by atoms with E-state index < -0.39 is 16.6 Å². The minimum atomic E-state index is -1.78. The van der Waals surface area contributed by atoms with Crippen LogP contribution in [0.5, 0.6) is 0 Å². The second kappa shape index (κ2) is 15.6. The Balaban J connectivity index is 4.36. The Morgan fingerprint density at radius 2 is 1.09 bits per heavy atom. The van der Waals surface area contributed by atoms with Crippen LogP contribution in [0, 0.1) is 0 Å². The molecule has 0 saturated carbocycles. The molecule has 0 aromatic carbocycles. The van der Waals surface area contributed by atoms with Gasteiger partial charge in [0, 0.05) is 0 Å². The van der Waals surface area contributed by atoms with Gasteiger partial charge in [0.25, 0.3) is 6.47 Å². The molecule has 0 aliphatic carbocycles. The standard InChI is InChI=1S/C23H50O8Si2/c1-22(2,3)32(7,8)30-15-12-25-17-21(29-14-11-27-20-28-19-24)18-26-13-16-31-33(9,10)23(4,5)6/h19,21H,11-18,20H2,1-10H3. The van der Waals surface area contributed by atoms with Gasteiger partial charge in [-0.3, -0.25) is 4.79 Å². The molecule has 0 rings (SSSR count). The van der Waals surface area contributed by atoms with E-state index in [4.69, 9.17) is 27.8 Å². The summed E-state index contributed by atoms with van der Waals surface area (Å²) in [5, 5.41) is 0.346. The van der Waals surface area contributed by atoms with E-state index in [-0.39, 0.29) is 23.0 Å². The molecule has 33 heavy (non-hydrogen) atoms. The lowest BCUT2D eigenvalue weighted by molar-refractivity contribution is -0.143. The van der Waals surface area contributed by atoms with Gasteiger partial charge in [0.05, 0.1) is 52.9 Å². The minimum Gasteiger partial charge on any atom is -0.441 e. The Morgan fingerprint density at radius 3 is 1.48 bits per heavy atom. The van der Waals surface area contributed by atoms with Gasteiger partial charge in [-0.2, -0.15) is 0 Å². The highest BCUT2D eigenvalue weighted by Crippen LogP contribution is 2.37. The maximum atomic E-state index is 10.1. The molecule has 0 heterocycles. The third kappa shape index (κ3) is 14.6. The maximum absolute atomic E-state index is 10.1. The van der Waals surface area contributed by atoms with E-state index >= 15 is 0 Å². The molecule has 0 bridgehead atoms. The summed E-state index contributed by atoms with van der Waals surface area (Å²) in [6, 6.07) is 0. The molecule has 0 saturated heterocycles. The highest BCUT2D eigenvalue weighted by Gasteiger charge is 2.37. The number of hydrogen-bond acceptors (Lipinski definition) is 8. The average Bonchev–Trinajstić information content (AvgIpc) is 2.67. The van der Waals surface area contributed by atoms with Crippen molar-refractivity contribution in [3.63, 3.8) is 0 Å². The van der Waals surface area contributed by atoms with Crippen molar-refractivity contribution in [1.29, 1.82) is 0 Å². The zero-order valence-corrected chi connectivity index (χ0v) is 24.8. The van der Waals surface area contributed by atoms with Crippen molar-refractivity contribution in [1.82, 2.24) is 0 Å². The van der Waals surface area contributed by atoms with Gasteiger partial charge in [-0.05, 0) is 36.3 Å². The van der Waals surface area contributed by atoms with Crippen LogP contribution in [-0.2, 0) is 37.3 Å². The number of ether oxygens (including phenoxy) is 5. The summed E-state index contributed by atoms with van der Waals surface area (Å²) in [6.45, 7) is 26.1. The average molecular weight is 511 g/mol. The number of hydrogen-bond donors (Lipinski definition) is 0. The van der Waals surface area contributed by atoms with Crippen LogP contribution in [0.15, 0.2) is 0 Å². The molecule has 0 aliphatic rings. The SMILES string of the molecule is CC(C)(C)[Si](C)(C)OCCOCC(COCCO[Si](C)(C)C(C)(C)C)OCCOCOC=O. The zero-order valence-electron chi connectivity index (χ0n) is 22.8. The van der Waals surface area contributed by atoms with Gasteiger partial charge in [0.15, 0.2) is 23.4 Å². The normalized spacial score (nSPS) is 13.5. The number of carbonyl (C=O) groups excluding carboxylic acids is 1. The predicted octanol–water partition coefficient (Wildman–Crippen LogP) is 4.60. The third-order valence-electron chi connectivity index (χ3n) is 6.40. The Hall–Kier alpha value is -0.336. The van der Waals surface area contributed by atoms with Crippen LogP contribution >= 0.6 is 0 Å². The van der Waals surface area contributed by atoms with Gasteiger partial charge in [-0.15, -0.1) is 0 Å². The van der Waals surface area contributed by atoms with Crippen molar-refractivity contribution < 1.29 is 37.3 Å². The number of carbonyl (C=O) groups is 1. The first-order chi connectivity index (χ1) is 15.1. The van der Waals surface area contributed by atoms with Gasteiger partial charge in [0.2, 0.25) is 0 Å². The zero-order chi connectivity index (χ0) is 25.6. The smallest absolute Gasteiger partial charge is 0.295 e. The molecular formula is C23H50O8Si2. The highest BCUT2D eigenvalue weighted by atomic mass is 28.4. The van der Waals surface area contributed by atoms with Crippen molar-refractivity contribution in [2.24, 2.45) is 0 Å². The number of rotatable bonds is 19. The van der Waals surface area contributed by atoms with E-state index in [1.165, 1.54) is 0 Å². The van der Waals surface area contributed by atoms with Crippen molar-refractivity contribution in [3.8, 4) is 0 Å². The van der Waals surface area contributed by atoms with Crippen LogP contribution in [0.1, 0.15) is 41.5 Å². The summed E-state index contributed by atoms with van der Waals surface area (Å²) in [4.78, 5) is 10.1. The molecule has 0 aliphatic heterocycles. The van der Waals surface area contributed by atoms with E-state index in [1.807, 2.05) is 0 Å². The Morgan fingerprint density at radius 1 is 0.667 bits per heavy atom. The molecule has 0 N–H and O–H groups in total. The molecule has 0 radical (unpaired) electrons. The summed E-state index contributed by atoms with van der Waals surface area (Å²) in [7, 11) is -3.56. The van der Waals surface area contributed by atoms with Crippen LogP contribution < -0.4 is 0 Å². The second-order valence-corrected chi connectivity index (χ2v) is 20.8. The van der Waals surface area contributed by atoms with Gasteiger partial charge in [-0.25, -0.2) is 0 Å². The lowest BCUT2D eigenvalue weighted by Crippen LogP contribution is -2.42. The van der Waals surface area contributed by atoms with Crippen LogP contribution in [0.25, 0.3) is 0 Å². The lowest BCUT2D eigenvalue weighted by Gasteiger charge is -2.36. The van der Waals surface area contributed by atoms with E-state index in [9.17, 15) is 4.79 Å². The van der Waals surface area contributed by atoms with Crippen molar-refractivity contribution in [3.05, 3.63) is 0 Å². The Labute approximate surface area is 204 Å². The van der Waals surface area contributed by atoms with Crippen LogP contribution in [0.3, 0.4) is 0 Å². The largest absolute Gasteiger partial charge is 0.441 e. The molecule has 0 atom stereocenters. The molecule has 10 heteroatoms. The molecular weight excluding hydrogens is 460 g/mol. The minimum absolute atomic E-state index is 0.0832. The Bertz CT molecular complexity index is 480. The fourth-order valence-corrected chi connectivity index (χ4v) is 4.18. The van der Waals surface area contributed by atoms with Crippen LogP contribution in [-0.4, -0.2) is 88.9 Å². The van der Waals surface area contributed by atoms with E-state index in [1.54, 1.807) is 0 Å².